The zero-order chi connectivity index (χ0) is 16.6. The molecule has 0 spiro atoms. The van der Waals surface area contributed by atoms with Crippen molar-refractivity contribution < 1.29 is 4.79 Å². The lowest BCUT2D eigenvalue weighted by Gasteiger charge is -2.16. The second-order valence-corrected chi connectivity index (χ2v) is 8.01. The van der Waals surface area contributed by atoms with Crippen LogP contribution in [0.1, 0.15) is 5.56 Å². The van der Waals surface area contributed by atoms with Crippen molar-refractivity contribution in [2.75, 3.05) is 4.90 Å². The molecule has 1 fully saturated rings. The number of hydrogen-bond acceptors (Lipinski definition) is 3. The van der Waals surface area contributed by atoms with Crippen LogP contribution in [0, 0.1) is 0 Å². The quantitative estimate of drug-likeness (QED) is 0.408. The van der Waals surface area contributed by atoms with Crippen LogP contribution in [0.2, 0.25) is 10.0 Å². The number of amides is 1. The predicted molar refractivity (Wildman–Crippen MR) is 106 cm³/mol. The highest BCUT2D eigenvalue weighted by Crippen LogP contribution is 2.40. The smallest absolute Gasteiger partial charge is 0.268 e. The fourth-order valence-corrected chi connectivity index (χ4v) is 4.24. The summed E-state index contributed by atoms with van der Waals surface area (Å²) in [6.07, 6.45) is 1.81. The number of thioether (sulfide) groups is 1. The van der Waals surface area contributed by atoms with E-state index in [1.165, 1.54) is 16.7 Å². The molecule has 1 aliphatic heterocycles. The van der Waals surface area contributed by atoms with Gasteiger partial charge >= 0.3 is 0 Å². The van der Waals surface area contributed by atoms with Gasteiger partial charge < -0.3 is 0 Å². The predicted octanol–water partition coefficient (Wildman–Crippen LogP) is 6.16. The summed E-state index contributed by atoms with van der Waals surface area (Å²) in [5.74, 6) is -0.194. The molecule has 0 bridgehead atoms. The standard InChI is InChI=1S/C16H8BrCl2NOS2/c17-11-4-2-1-3-9(11)7-14-15(21)20(16(22)23-14)13-6-5-10(18)8-12(13)19/h1-8H. The van der Waals surface area contributed by atoms with E-state index in [4.69, 9.17) is 35.4 Å². The molecule has 1 aliphatic rings. The van der Waals surface area contributed by atoms with Crippen LogP contribution in [0.5, 0.6) is 0 Å². The lowest BCUT2D eigenvalue weighted by atomic mass is 10.2. The molecule has 1 saturated heterocycles. The number of halogens is 3. The van der Waals surface area contributed by atoms with E-state index in [1.54, 1.807) is 18.2 Å². The molecule has 0 saturated carbocycles. The van der Waals surface area contributed by atoms with Crippen LogP contribution < -0.4 is 4.90 Å². The monoisotopic (exact) mass is 443 g/mol. The molecule has 7 heteroatoms. The van der Waals surface area contributed by atoms with Crippen molar-refractivity contribution in [1.29, 1.82) is 0 Å². The molecule has 0 aromatic heterocycles. The summed E-state index contributed by atoms with van der Waals surface area (Å²) in [6.45, 7) is 0. The third-order valence-corrected chi connectivity index (χ3v) is 5.70. The van der Waals surface area contributed by atoms with Crippen LogP contribution in [-0.2, 0) is 4.79 Å². The minimum atomic E-state index is -0.194. The van der Waals surface area contributed by atoms with E-state index in [0.717, 1.165) is 10.0 Å². The molecular weight excluding hydrogens is 437 g/mol. The van der Waals surface area contributed by atoms with Gasteiger partial charge in [-0.05, 0) is 35.9 Å². The molecule has 0 radical (unpaired) electrons. The van der Waals surface area contributed by atoms with Crippen molar-refractivity contribution in [3.63, 3.8) is 0 Å². The second kappa shape index (κ2) is 6.95. The molecule has 2 aromatic rings. The number of anilines is 1. The molecule has 0 atom stereocenters. The molecular formula is C16H8BrCl2NOS2. The van der Waals surface area contributed by atoms with Crippen LogP contribution in [0.4, 0.5) is 5.69 Å². The Kier molecular flexibility index (Phi) is 5.13. The van der Waals surface area contributed by atoms with Crippen molar-refractivity contribution in [3.8, 4) is 0 Å². The van der Waals surface area contributed by atoms with Gasteiger partial charge in [0.05, 0.1) is 15.6 Å². The molecule has 1 heterocycles. The van der Waals surface area contributed by atoms with E-state index in [9.17, 15) is 4.79 Å². The lowest BCUT2D eigenvalue weighted by Crippen LogP contribution is -2.27. The van der Waals surface area contributed by atoms with Gasteiger partial charge in [0.25, 0.3) is 5.91 Å². The van der Waals surface area contributed by atoms with E-state index in [-0.39, 0.29) is 5.91 Å². The maximum absolute atomic E-state index is 12.7. The largest absolute Gasteiger partial charge is 0.270 e. The van der Waals surface area contributed by atoms with E-state index >= 15 is 0 Å². The summed E-state index contributed by atoms with van der Waals surface area (Å²) in [6, 6.07) is 12.6. The van der Waals surface area contributed by atoms with E-state index in [1.807, 2.05) is 30.3 Å². The van der Waals surface area contributed by atoms with Gasteiger partial charge in [0, 0.05) is 9.50 Å². The van der Waals surface area contributed by atoms with Gasteiger partial charge in [-0.1, -0.05) is 81.3 Å². The van der Waals surface area contributed by atoms with Crippen LogP contribution in [-0.4, -0.2) is 10.2 Å². The zero-order valence-electron chi connectivity index (χ0n) is 11.4. The highest BCUT2D eigenvalue weighted by atomic mass is 79.9. The normalized spacial score (nSPS) is 16.5. The Labute approximate surface area is 161 Å². The Morgan fingerprint density at radius 3 is 2.61 bits per heavy atom. The molecule has 0 aliphatic carbocycles. The van der Waals surface area contributed by atoms with E-state index in [2.05, 4.69) is 15.9 Å². The van der Waals surface area contributed by atoms with Crippen LogP contribution in [0.25, 0.3) is 6.08 Å². The van der Waals surface area contributed by atoms with Gasteiger partial charge in [0.15, 0.2) is 4.32 Å². The summed E-state index contributed by atoms with van der Waals surface area (Å²) in [5.41, 5.74) is 1.45. The first kappa shape index (κ1) is 17.0. The summed E-state index contributed by atoms with van der Waals surface area (Å²) in [4.78, 5) is 14.7. The zero-order valence-corrected chi connectivity index (χ0v) is 16.2. The lowest BCUT2D eigenvalue weighted by molar-refractivity contribution is -0.113. The van der Waals surface area contributed by atoms with Crippen LogP contribution >= 0.6 is 63.1 Å². The Morgan fingerprint density at radius 2 is 1.91 bits per heavy atom. The Hall–Kier alpha value is -0.850. The fourth-order valence-electron chi connectivity index (χ4n) is 2.07. The number of thiocarbonyl (C=S) groups is 1. The van der Waals surface area contributed by atoms with Crippen molar-refractivity contribution in [2.45, 2.75) is 0 Å². The molecule has 116 valence electrons. The maximum Gasteiger partial charge on any atom is 0.270 e. The van der Waals surface area contributed by atoms with Crippen molar-refractivity contribution in [1.82, 2.24) is 0 Å². The topological polar surface area (TPSA) is 20.3 Å². The summed E-state index contributed by atoms with van der Waals surface area (Å²) < 4.78 is 1.35. The van der Waals surface area contributed by atoms with Crippen molar-refractivity contribution in [2.24, 2.45) is 0 Å². The summed E-state index contributed by atoms with van der Waals surface area (Å²) >= 11 is 22.2. The number of carbonyl (C=O) groups excluding carboxylic acids is 1. The average Bonchev–Trinajstić information content (AvgIpc) is 2.77. The average molecular weight is 445 g/mol. The number of carbonyl (C=O) groups is 1. The van der Waals surface area contributed by atoms with Gasteiger partial charge in [0.1, 0.15) is 0 Å². The highest BCUT2D eigenvalue weighted by Gasteiger charge is 2.34. The Morgan fingerprint density at radius 1 is 1.17 bits per heavy atom. The first-order valence-electron chi connectivity index (χ1n) is 6.45. The van der Waals surface area contributed by atoms with E-state index in [0.29, 0.717) is 25.0 Å². The number of rotatable bonds is 2. The molecule has 0 unspecified atom stereocenters. The molecule has 1 amide bonds. The first-order valence-corrected chi connectivity index (χ1v) is 9.22. The first-order chi connectivity index (χ1) is 11.0. The van der Waals surface area contributed by atoms with Crippen LogP contribution in [0.15, 0.2) is 51.8 Å². The molecule has 0 N–H and O–H groups in total. The second-order valence-electron chi connectivity index (χ2n) is 4.63. The van der Waals surface area contributed by atoms with Gasteiger partial charge in [0.2, 0.25) is 0 Å². The number of benzene rings is 2. The SMILES string of the molecule is O=C1C(=Cc2ccccc2Br)SC(=S)N1c1ccc(Cl)cc1Cl. The van der Waals surface area contributed by atoms with Gasteiger partial charge in [-0.2, -0.15) is 0 Å². The third kappa shape index (κ3) is 3.49. The van der Waals surface area contributed by atoms with Crippen LogP contribution in [0.3, 0.4) is 0 Å². The van der Waals surface area contributed by atoms with Gasteiger partial charge in [-0.25, -0.2) is 0 Å². The van der Waals surface area contributed by atoms with E-state index < -0.39 is 0 Å². The number of hydrogen-bond donors (Lipinski definition) is 0. The summed E-state index contributed by atoms with van der Waals surface area (Å²) in [7, 11) is 0. The molecule has 3 rings (SSSR count). The minimum Gasteiger partial charge on any atom is -0.268 e. The maximum atomic E-state index is 12.7. The van der Waals surface area contributed by atoms with Gasteiger partial charge in [-0.3, -0.25) is 9.69 Å². The third-order valence-electron chi connectivity index (χ3n) is 3.14. The number of nitrogens with zero attached hydrogens (tertiary/aromatic N) is 1. The molecule has 23 heavy (non-hydrogen) atoms. The Balaban J connectivity index is 1.99. The Bertz CT molecular complexity index is 854. The van der Waals surface area contributed by atoms with Crippen molar-refractivity contribution in [3.05, 3.63) is 67.5 Å². The minimum absolute atomic E-state index is 0.194. The van der Waals surface area contributed by atoms with Gasteiger partial charge in [-0.15, -0.1) is 0 Å². The van der Waals surface area contributed by atoms with Crippen molar-refractivity contribution >= 4 is 85.1 Å². The molecule has 2 aromatic carbocycles. The summed E-state index contributed by atoms with van der Waals surface area (Å²) in [5, 5.41) is 0.892. The molecule has 2 nitrogen and oxygen atoms in total. The fraction of sp³-hybridized carbons (Fsp3) is 0. The highest BCUT2D eigenvalue weighted by molar-refractivity contribution is 9.10.